The minimum atomic E-state index is 0.341. The van der Waals surface area contributed by atoms with Crippen LogP contribution >= 0.6 is 0 Å². The van der Waals surface area contributed by atoms with E-state index in [1.54, 1.807) is 0 Å². The average molecular weight is 158 g/mol. The summed E-state index contributed by atoms with van der Waals surface area (Å²) in [5.74, 6) is 0. The monoisotopic (exact) mass is 158 g/mol. The third kappa shape index (κ3) is 9.92. The normalized spacial score (nSPS) is 13.4. The van der Waals surface area contributed by atoms with E-state index >= 15 is 0 Å². The fourth-order valence-corrected chi connectivity index (χ4v) is 0.955. The first-order valence-electron chi connectivity index (χ1n) is 4.73. The molecule has 0 radical (unpaired) electrons. The fourth-order valence-electron chi connectivity index (χ4n) is 0.955. The third-order valence-corrected chi connectivity index (χ3v) is 1.73. The molecular weight excluding hydrogens is 136 g/mol. The van der Waals surface area contributed by atoms with Crippen molar-refractivity contribution in [3.05, 3.63) is 0 Å². The maximum absolute atomic E-state index is 5.59. The van der Waals surface area contributed by atoms with Gasteiger partial charge in [0, 0.05) is 6.04 Å². The zero-order chi connectivity index (χ0) is 8.53. The van der Waals surface area contributed by atoms with E-state index in [2.05, 4.69) is 12.2 Å². The minimum absolute atomic E-state index is 0.341. The largest absolute Gasteiger partial charge is 0.328 e. The topological polar surface area (TPSA) is 38.0 Å². The van der Waals surface area contributed by atoms with Crippen molar-refractivity contribution in [3.8, 4) is 0 Å². The molecule has 0 saturated heterocycles. The highest BCUT2D eigenvalue weighted by Crippen LogP contribution is 1.91. The Balaban J connectivity index is 2.80. The molecule has 0 bridgehead atoms. The van der Waals surface area contributed by atoms with E-state index < -0.39 is 0 Å². The lowest BCUT2D eigenvalue weighted by molar-refractivity contribution is 0.565. The van der Waals surface area contributed by atoms with Crippen LogP contribution in [0, 0.1) is 0 Å². The lowest BCUT2D eigenvalue weighted by Crippen LogP contribution is -2.24. The van der Waals surface area contributed by atoms with E-state index in [4.69, 9.17) is 5.73 Å². The fraction of sp³-hybridized carbons (Fsp3) is 1.00. The molecule has 1 unspecified atom stereocenters. The second kappa shape index (κ2) is 8.02. The molecule has 0 amide bonds. The van der Waals surface area contributed by atoms with Crippen molar-refractivity contribution >= 4 is 0 Å². The van der Waals surface area contributed by atoms with E-state index in [0.29, 0.717) is 6.04 Å². The standard InChI is InChI=1S/C9H22N2/c1-3-4-5-7-11-8-6-9(2)10/h9,11H,3-8,10H2,1-2H3. The molecule has 0 spiro atoms. The van der Waals surface area contributed by atoms with E-state index in [1.807, 2.05) is 6.92 Å². The summed E-state index contributed by atoms with van der Waals surface area (Å²) >= 11 is 0. The van der Waals surface area contributed by atoms with Gasteiger partial charge in [-0.05, 0) is 32.9 Å². The van der Waals surface area contributed by atoms with Crippen molar-refractivity contribution in [3.63, 3.8) is 0 Å². The highest BCUT2D eigenvalue weighted by atomic mass is 14.8. The highest BCUT2D eigenvalue weighted by molar-refractivity contribution is 4.55. The summed E-state index contributed by atoms with van der Waals surface area (Å²) in [4.78, 5) is 0. The summed E-state index contributed by atoms with van der Waals surface area (Å²) < 4.78 is 0. The average Bonchev–Trinajstić information content (AvgIpc) is 1.96. The van der Waals surface area contributed by atoms with Gasteiger partial charge >= 0.3 is 0 Å². The predicted octanol–water partition coefficient (Wildman–Crippen LogP) is 1.50. The molecule has 0 fully saturated rings. The molecule has 0 aliphatic heterocycles. The molecule has 0 rings (SSSR count). The van der Waals surface area contributed by atoms with Crippen LogP contribution in [-0.4, -0.2) is 19.1 Å². The van der Waals surface area contributed by atoms with E-state index in [-0.39, 0.29) is 0 Å². The van der Waals surface area contributed by atoms with Gasteiger partial charge in [-0.2, -0.15) is 0 Å². The molecular formula is C9H22N2. The van der Waals surface area contributed by atoms with Gasteiger partial charge in [0.1, 0.15) is 0 Å². The number of hydrogen-bond donors (Lipinski definition) is 2. The Hall–Kier alpha value is -0.0800. The quantitative estimate of drug-likeness (QED) is 0.551. The van der Waals surface area contributed by atoms with Gasteiger partial charge in [-0.3, -0.25) is 0 Å². The van der Waals surface area contributed by atoms with Gasteiger partial charge in [0.25, 0.3) is 0 Å². The molecule has 2 heteroatoms. The van der Waals surface area contributed by atoms with Crippen molar-refractivity contribution in [1.82, 2.24) is 5.32 Å². The van der Waals surface area contributed by atoms with Gasteiger partial charge in [0.2, 0.25) is 0 Å². The number of rotatable bonds is 7. The molecule has 0 heterocycles. The maximum Gasteiger partial charge on any atom is 0.00225 e. The minimum Gasteiger partial charge on any atom is -0.328 e. The maximum atomic E-state index is 5.59. The van der Waals surface area contributed by atoms with Crippen LogP contribution in [0.3, 0.4) is 0 Å². The lowest BCUT2D eigenvalue weighted by atomic mass is 10.2. The molecule has 11 heavy (non-hydrogen) atoms. The lowest BCUT2D eigenvalue weighted by Gasteiger charge is -2.05. The Morgan fingerprint density at radius 3 is 2.55 bits per heavy atom. The number of nitrogens with two attached hydrogens (primary N) is 1. The van der Waals surface area contributed by atoms with Crippen LogP contribution < -0.4 is 11.1 Å². The van der Waals surface area contributed by atoms with Crippen molar-refractivity contribution in [2.45, 2.75) is 45.6 Å². The first-order chi connectivity index (χ1) is 5.27. The molecule has 0 aliphatic rings. The van der Waals surface area contributed by atoms with Crippen LogP contribution in [0.1, 0.15) is 39.5 Å². The Morgan fingerprint density at radius 1 is 1.27 bits per heavy atom. The first kappa shape index (κ1) is 10.9. The van der Waals surface area contributed by atoms with E-state index in [0.717, 1.165) is 19.5 Å². The second-order valence-electron chi connectivity index (χ2n) is 3.22. The molecule has 0 saturated carbocycles. The zero-order valence-corrected chi connectivity index (χ0v) is 7.90. The predicted molar refractivity (Wildman–Crippen MR) is 50.7 cm³/mol. The number of unbranched alkanes of at least 4 members (excludes halogenated alkanes) is 2. The Labute approximate surface area is 70.5 Å². The van der Waals surface area contributed by atoms with Crippen LogP contribution in [0.4, 0.5) is 0 Å². The van der Waals surface area contributed by atoms with Gasteiger partial charge in [-0.25, -0.2) is 0 Å². The molecule has 68 valence electrons. The van der Waals surface area contributed by atoms with Crippen LogP contribution in [0.25, 0.3) is 0 Å². The third-order valence-electron chi connectivity index (χ3n) is 1.73. The van der Waals surface area contributed by atoms with Crippen LogP contribution in [0.5, 0.6) is 0 Å². The summed E-state index contributed by atoms with van der Waals surface area (Å²) in [7, 11) is 0. The Bertz CT molecular complexity index is 72.0. The van der Waals surface area contributed by atoms with Crippen LogP contribution in [0.15, 0.2) is 0 Å². The molecule has 3 N–H and O–H groups in total. The first-order valence-corrected chi connectivity index (χ1v) is 4.73. The van der Waals surface area contributed by atoms with Gasteiger partial charge in [0.05, 0.1) is 0 Å². The van der Waals surface area contributed by atoms with E-state index in [9.17, 15) is 0 Å². The Kier molecular flexibility index (Phi) is 7.96. The molecule has 2 nitrogen and oxygen atoms in total. The van der Waals surface area contributed by atoms with E-state index in [1.165, 1.54) is 19.3 Å². The van der Waals surface area contributed by atoms with Crippen molar-refractivity contribution in [2.24, 2.45) is 5.73 Å². The molecule has 1 atom stereocenters. The van der Waals surface area contributed by atoms with Gasteiger partial charge < -0.3 is 11.1 Å². The zero-order valence-electron chi connectivity index (χ0n) is 7.90. The van der Waals surface area contributed by atoms with Crippen molar-refractivity contribution in [1.29, 1.82) is 0 Å². The summed E-state index contributed by atoms with van der Waals surface area (Å²) in [6.07, 6.45) is 5.03. The van der Waals surface area contributed by atoms with Gasteiger partial charge in [-0.1, -0.05) is 19.8 Å². The van der Waals surface area contributed by atoms with Crippen molar-refractivity contribution in [2.75, 3.05) is 13.1 Å². The molecule has 0 aliphatic carbocycles. The summed E-state index contributed by atoms with van der Waals surface area (Å²) in [6.45, 7) is 6.50. The van der Waals surface area contributed by atoms with Gasteiger partial charge in [0.15, 0.2) is 0 Å². The summed E-state index contributed by atoms with van der Waals surface area (Å²) in [5, 5.41) is 3.37. The number of hydrogen-bond acceptors (Lipinski definition) is 2. The van der Waals surface area contributed by atoms with Crippen LogP contribution in [0.2, 0.25) is 0 Å². The van der Waals surface area contributed by atoms with Gasteiger partial charge in [-0.15, -0.1) is 0 Å². The Morgan fingerprint density at radius 2 is 2.00 bits per heavy atom. The summed E-state index contributed by atoms with van der Waals surface area (Å²) in [6, 6.07) is 0.341. The second-order valence-corrected chi connectivity index (χ2v) is 3.22. The molecule has 0 aromatic rings. The van der Waals surface area contributed by atoms with Crippen molar-refractivity contribution < 1.29 is 0 Å². The molecule has 0 aromatic heterocycles. The molecule has 0 aromatic carbocycles. The highest BCUT2D eigenvalue weighted by Gasteiger charge is 1.92. The SMILES string of the molecule is CCCCCNCCC(C)N. The number of nitrogens with one attached hydrogen (secondary N) is 1. The van der Waals surface area contributed by atoms with Crippen LogP contribution in [-0.2, 0) is 0 Å². The summed E-state index contributed by atoms with van der Waals surface area (Å²) in [5.41, 5.74) is 5.59. The smallest absolute Gasteiger partial charge is 0.00225 e.